The normalized spacial score (nSPS) is 13.3. The second-order valence-corrected chi connectivity index (χ2v) is 11.8. The van der Waals surface area contributed by atoms with Gasteiger partial charge in [-0.25, -0.2) is 22.6 Å². The van der Waals surface area contributed by atoms with Gasteiger partial charge < -0.3 is 15.5 Å². The van der Waals surface area contributed by atoms with Gasteiger partial charge in [-0.15, -0.1) is 0 Å². The molecule has 0 saturated carbocycles. The van der Waals surface area contributed by atoms with Crippen LogP contribution in [0.3, 0.4) is 0 Å². The number of nitrogens with zero attached hydrogens (tertiary/aromatic N) is 2. The van der Waals surface area contributed by atoms with Crippen LogP contribution in [0.4, 0.5) is 25.7 Å². The number of rotatable bonds is 6. The summed E-state index contributed by atoms with van der Waals surface area (Å²) in [6.07, 6.45) is 1.56. The van der Waals surface area contributed by atoms with Gasteiger partial charge in [0.1, 0.15) is 10.7 Å². The third-order valence-electron chi connectivity index (χ3n) is 5.47. The molecule has 0 aliphatic carbocycles. The molecule has 190 valence electrons. The number of carbonyl (C=O) groups is 2. The number of urea groups is 1. The van der Waals surface area contributed by atoms with E-state index in [9.17, 15) is 22.4 Å². The van der Waals surface area contributed by atoms with Crippen LogP contribution < -0.4 is 20.9 Å². The van der Waals surface area contributed by atoms with Crippen molar-refractivity contribution in [2.75, 3.05) is 28.3 Å². The van der Waals surface area contributed by atoms with E-state index >= 15 is 0 Å². The Kier molecular flexibility index (Phi) is 7.27. The van der Waals surface area contributed by atoms with Crippen molar-refractivity contribution in [3.05, 3.63) is 64.4 Å². The zero-order valence-corrected chi connectivity index (χ0v) is 21.6. The summed E-state index contributed by atoms with van der Waals surface area (Å²) in [4.78, 5) is 32.1. The number of amides is 3. The monoisotopic (exact) mass is 531 g/mol. The molecule has 0 saturated heterocycles. The van der Waals surface area contributed by atoms with Crippen LogP contribution in [0.15, 0.2) is 47.4 Å². The minimum Gasteiger partial charge on any atom is -0.366 e. The number of para-hydroxylation sites is 1. The quantitative estimate of drug-likeness (QED) is 0.442. The highest BCUT2D eigenvalue weighted by Gasteiger charge is 2.24. The molecule has 1 aliphatic rings. The largest absolute Gasteiger partial charge is 0.366 e. The van der Waals surface area contributed by atoms with E-state index in [-0.39, 0.29) is 16.8 Å². The van der Waals surface area contributed by atoms with Gasteiger partial charge in [-0.1, -0.05) is 23.5 Å². The first-order valence-corrected chi connectivity index (χ1v) is 13.9. The van der Waals surface area contributed by atoms with Crippen molar-refractivity contribution in [2.45, 2.75) is 37.8 Å². The van der Waals surface area contributed by atoms with Crippen LogP contribution in [0.5, 0.6) is 0 Å². The molecule has 0 radical (unpaired) electrons. The maximum Gasteiger partial charge on any atom is 0.325 e. The predicted octanol–water partition coefficient (Wildman–Crippen LogP) is 4.03. The molecule has 3 N–H and O–H groups in total. The fourth-order valence-electron chi connectivity index (χ4n) is 3.84. The molecule has 1 aromatic heterocycles. The molecule has 2 aromatic carbocycles. The molecule has 0 unspecified atom stereocenters. The van der Waals surface area contributed by atoms with Gasteiger partial charge in [0.15, 0.2) is 15.0 Å². The third kappa shape index (κ3) is 5.82. The highest BCUT2D eigenvalue weighted by molar-refractivity contribution is 7.90. The third-order valence-corrected chi connectivity index (χ3v) is 7.60. The van der Waals surface area contributed by atoms with Crippen molar-refractivity contribution in [3.63, 3.8) is 0 Å². The number of halogens is 1. The second-order valence-electron chi connectivity index (χ2n) is 8.70. The summed E-state index contributed by atoms with van der Waals surface area (Å²) in [5.41, 5.74) is 2.14. The van der Waals surface area contributed by atoms with Gasteiger partial charge in [0.25, 0.3) is 5.91 Å². The molecule has 3 aromatic rings. The fraction of sp³-hybridized carbons (Fsp3) is 0.292. The Bertz CT molecular complexity index is 1420. The minimum absolute atomic E-state index is 0.0466. The number of fused-ring (bicyclic) bond motifs is 1. The Morgan fingerprint density at radius 1 is 1.14 bits per heavy atom. The molecule has 36 heavy (non-hydrogen) atoms. The molecule has 9 nitrogen and oxygen atoms in total. The van der Waals surface area contributed by atoms with E-state index < -0.39 is 21.7 Å². The second kappa shape index (κ2) is 10.2. The lowest BCUT2D eigenvalue weighted by Crippen LogP contribution is -2.31. The number of nitrogens with one attached hydrogen (secondary N) is 3. The van der Waals surface area contributed by atoms with Crippen molar-refractivity contribution in [2.24, 2.45) is 0 Å². The average molecular weight is 532 g/mol. The number of carbonyl (C=O) groups excluding carboxylic acids is 2. The van der Waals surface area contributed by atoms with Gasteiger partial charge in [-0.05, 0) is 44.2 Å². The molecule has 4 rings (SSSR count). The van der Waals surface area contributed by atoms with E-state index in [4.69, 9.17) is 0 Å². The van der Waals surface area contributed by atoms with Crippen LogP contribution in [-0.2, 0) is 22.8 Å². The van der Waals surface area contributed by atoms with Gasteiger partial charge in [-0.2, -0.15) is 0 Å². The lowest BCUT2D eigenvalue weighted by molar-refractivity contribution is 0.0944. The zero-order chi connectivity index (χ0) is 26.0. The summed E-state index contributed by atoms with van der Waals surface area (Å²) < 4.78 is 37.7. The maximum atomic E-state index is 14.4. The number of benzene rings is 2. The van der Waals surface area contributed by atoms with E-state index in [1.54, 1.807) is 30.3 Å². The lowest BCUT2D eigenvalue weighted by Gasteiger charge is -2.28. The Balaban J connectivity index is 1.44. The molecular weight excluding hydrogens is 505 g/mol. The van der Waals surface area contributed by atoms with Crippen molar-refractivity contribution in [1.29, 1.82) is 0 Å². The van der Waals surface area contributed by atoms with Crippen molar-refractivity contribution < 1.29 is 22.4 Å². The SMILES string of the molecule is CC(C)NC(=O)c1ccccc1NC(=O)Nc1nc2c(s1)CN(c1ccc(S(C)(=O)=O)c(F)c1)CC2. The summed E-state index contributed by atoms with van der Waals surface area (Å²) in [6.45, 7) is 4.73. The number of anilines is 3. The molecule has 0 atom stereocenters. The van der Waals surface area contributed by atoms with Crippen LogP contribution in [0.1, 0.15) is 34.8 Å². The van der Waals surface area contributed by atoms with Gasteiger partial charge in [0, 0.05) is 35.8 Å². The van der Waals surface area contributed by atoms with E-state index in [0.29, 0.717) is 41.6 Å². The molecule has 0 spiro atoms. The first-order chi connectivity index (χ1) is 17.0. The van der Waals surface area contributed by atoms with Gasteiger partial charge in [0.05, 0.1) is 23.5 Å². The Labute approximate surface area is 212 Å². The summed E-state index contributed by atoms with van der Waals surface area (Å²) in [5, 5.41) is 8.64. The first kappa shape index (κ1) is 25.6. The van der Waals surface area contributed by atoms with Gasteiger partial charge >= 0.3 is 6.03 Å². The lowest BCUT2D eigenvalue weighted by atomic mass is 10.1. The summed E-state index contributed by atoms with van der Waals surface area (Å²) in [5.74, 6) is -1.07. The van der Waals surface area contributed by atoms with Crippen LogP contribution in [0.25, 0.3) is 0 Å². The topological polar surface area (TPSA) is 120 Å². The molecular formula is C24H26FN5O4S2. The number of hydrogen-bond acceptors (Lipinski definition) is 7. The minimum atomic E-state index is -3.64. The molecule has 0 bridgehead atoms. The van der Waals surface area contributed by atoms with Crippen molar-refractivity contribution in [1.82, 2.24) is 10.3 Å². The first-order valence-electron chi connectivity index (χ1n) is 11.2. The number of aromatic nitrogens is 1. The smallest absolute Gasteiger partial charge is 0.325 e. The molecule has 0 fully saturated rings. The number of thiazole rings is 1. The van der Waals surface area contributed by atoms with Crippen molar-refractivity contribution >= 4 is 49.6 Å². The zero-order valence-electron chi connectivity index (χ0n) is 20.0. The summed E-state index contributed by atoms with van der Waals surface area (Å²) >= 11 is 1.31. The standard InChI is InChI=1S/C24H26FN5O4S2/c1-14(2)26-22(31)16-6-4-5-7-18(16)27-23(32)29-24-28-19-10-11-30(13-20(19)35-24)15-8-9-21(17(25)12-15)36(3,33)34/h4-9,12,14H,10-11,13H2,1-3H3,(H,26,31)(H2,27,28,29,32). The van der Waals surface area contributed by atoms with E-state index in [1.165, 1.54) is 23.5 Å². The van der Waals surface area contributed by atoms with Crippen LogP contribution >= 0.6 is 11.3 Å². The van der Waals surface area contributed by atoms with Crippen LogP contribution in [0, 0.1) is 5.82 Å². The number of hydrogen-bond donors (Lipinski definition) is 3. The summed E-state index contributed by atoms with van der Waals surface area (Å²) in [6, 6.07) is 10.2. The maximum absolute atomic E-state index is 14.4. The molecule has 2 heterocycles. The highest BCUT2D eigenvalue weighted by Crippen LogP contribution is 2.32. The Hall–Kier alpha value is -3.51. The molecule has 1 aliphatic heterocycles. The Morgan fingerprint density at radius 2 is 1.89 bits per heavy atom. The molecule has 3 amide bonds. The van der Waals surface area contributed by atoms with E-state index in [2.05, 4.69) is 20.9 Å². The predicted molar refractivity (Wildman–Crippen MR) is 138 cm³/mol. The number of sulfone groups is 1. The van der Waals surface area contributed by atoms with Crippen LogP contribution in [0.2, 0.25) is 0 Å². The van der Waals surface area contributed by atoms with Gasteiger partial charge in [-0.3, -0.25) is 10.1 Å². The van der Waals surface area contributed by atoms with Gasteiger partial charge in [0.2, 0.25) is 0 Å². The molecule has 12 heteroatoms. The van der Waals surface area contributed by atoms with Crippen molar-refractivity contribution in [3.8, 4) is 0 Å². The van der Waals surface area contributed by atoms with Crippen LogP contribution in [-0.4, -0.2) is 44.2 Å². The highest BCUT2D eigenvalue weighted by atomic mass is 32.2. The van der Waals surface area contributed by atoms with E-state index in [1.807, 2.05) is 18.7 Å². The summed E-state index contributed by atoms with van der Waals surface area (Å²) in [7, 11) is -3.64. The average Bonchev–Trinajstić information content (AvgIpc) is 3.19. The van der Waals surface area contributed by atoms with E-state index in [0.717, 1.165) is 16.8 Å². The fourth-order valence-corrected chi connectivity index (χ4v) is 5.58. The Morgan fingerprint density at radius 3 is 2.58 bits per heavy atom.